The molecule has 1 N–H and O–H groups in total. The Kier molecular flexibility index (Phi) is 5.40. The predicted octanol–water partition coefficient (Wildman–Crippen LogP) is 3.03. The van der Waals surface area contributed by atoms with Gasteiger partial charge in [0, 0.05) is 23.9 Å². The van der Waals surface area contributed by atoms with Crippen LogP contribution in [-0.4, -0.2) is 23.9 Å². The van der Waals surface area contributed by atoms with E-state index in [1.54, 1.807) is 24.3 Å². The molecule has 122 valence electrons. The number of esters is 1. The van der Waals surface area contributed by atoms with E-state index in [9.17, 15) is 19.7 Å². The van der Waals surface area contributed by atoms with E-state index >= 15 is 0 Å². The lowest BCUT2D eigenvalue weighted by atomic mass is 10.2. The number of carbonyl (C=O) groups excluding carboxylic acids is 2. The fourth-order valence-electron chi connectivity index (χ4n) is 1.91. The Morgan fingerprint density at radius 2 is 1.88 bits per heavy atom. The van der Waals surface area contributed by atoms with Gasteiger partial charge in [0.25, 0.3) is 5.69 Å². The van der Waals surface area contributed by atoms with E-state index < -0.39 is 16.8 Å². The number of hydrogen-bond acceptors (Lipinski definition) is 5. The fourth-order valence-corrected chi connectivity index (χ4v) is 1.91. The number of amides is 1. The highest BCUT2D eigenvalue weighted by atomic mass is 16.6. The normalized spacial score (nSPS) is 10.4. The van der Waals surface area contributed by atoms with Crippen LogP contribution < -0.4 is 5.32 Å². The van der Waals surface area contributed by atoms with E-state index in [1.807, 2.05) is 0 Å². The number of ether oxygens (including phenoxy) is 1. The van der Waals surface area contributed by atoms with Crippen LogP contribution in [0.15, 0.2) is 54.6 Å². The minimum absolute atomic E-state index is 0.0454. The lowest BCUT2D eigenvalue weighted by molar-refractivity contribution is -0.384. The number of nitro groups is 1. The molecule has 0 heterocycles. The molecule has 0 saturated carbocycles. The van der Waals surface area contributed by atoms with Crippen molar-refractivity contribution in [1.82, 2.24) is 0 Å². The summed E-state index contributed by atoms with van der Waals surface area (Å²) in [4.78, 5) is 33.4. The highest BCUT2D eigenvalue weighted by Gasteiger charge is 2.06. The minimum atomic E-state index is -0.500. The van der Waals surface area contributed by atoms with Crippen LogP contribution in [0.3, 0.4) is 0 Å². The molecule has 0 saturated heterocycles. The van der Waals surface area contributed by atoms with Gasteiger partial charge in [-0.05, 0) is 35.9 Å². The van der Waals surface area contributed by atoms with Crippen molar-refractivity contribution in [3.05, 3.63) is 75.8 Å². The summed E-state index contributed by atoms with van der Waals surface area (Å²) in [5, 5.41) is 13.3. The molecule has 0 aliphatic carbocycles. The summed E-state index contributed by atoms with van der Waals surface area (Å²) in [6, 6.07) is 12.2. The van der Waals surface area contributed by atoms with Gasteiger partial charge >= 0.3 is 5.97 Å². The third-order valence-corrected chi connectivity index (χ3v) is 3.08. The van der Waals surface area contributed by atoms with Crippen LogP contribution in [0.25, 0.3) is 6.08 Å². The number of nitro benzene ring substituents is 1. The van der Waals surface area contributed by atoms with Crippen LogP contribution in [0.5, 0.6) is 0 Å². The Morgan fingerprint density at radius 1 is 1.17 bits per heavy atom. The molecule has 7 heteroatoms. The lowest BCUT2D eigenvalue weighted by Gasteiger charge is -2.03. The van der Waals surface area contributed by atoms with Crippen LogP contribution in [0.4, 0.5) is 11.4 Å². The number of benzene rings is 2. The predicted molar refractivity (Wildman–Crippen MR) is 88.5 cm³/mol. The Morgan fingerprint density at radius 3 is 2.50 bits per heavy atom. The summed E-state index contributed by atoms with van der Waals surface area (Å²) < 4.78 is 4.59. The first kappa shape index (κ1) is 16.9. The second-order valence-corrected chi connectivity index (χ2v) is 4.74. The SMILES string of the molecule is COC(=O)c1ccc(NC(=O)/C=C/c2cccc([N+](=O)[O-])c2)cc1. The van der Waals surface area contributed by atoms with Crippen molar-refractivity contribution in [3.8, 4) is 0 Å². The number of anilines is 1. The molecular weight excluding hydrogens is 312 g/mol. The number of methoxy groups -OCH3 is 1. The Balaban J connectivity index is 2.01. The molecule has 2 rings (SSSR count). The van der Waals surface area contributed by atoms with Gasteiger partial charge in [0.2, 0.25) is 5.91 Å². The lowest BCUT2D eigenvalue weighted by Crippen LogP contribution is -2.08. The van der Waals surface area contributed by atoms with Crippen molar-refractivity contribution in [2.24, 2.45) is 0 Å². The summed E-state index contributed by atoms with van der Waals surface area (Å²) in [6.45, 7) is 0. The molecule has 0 aliphatic heterocycles. The fraction of sp³-hybridized carbons (Fsp3) is 0.0588. The zero-order chi connectivity index (χ0) is 17.5. The van der Waals surface area contributed by atoms with Crippen molar-refractivity contribution < 1.29 is 19.2 Å². The molecule has 2 aromatic rings. The molecule has 0 spiro atoms. The van der Waals surface area contributed by atoms with Crippen LogP contribution in [0.1, 0.15) is 15.9 Å². The highest BCUT2D eigenvalue weighted by Crippen LogP contribution is 2.14. The van der Waals surface area contributed by atoms with Gasteiger partial charge in [-0.15, -0.1) is 0 Å². The zero-order valence-electron chi connectivity index (χ0n) is 12.8. The third-order valence-electron chi connectivity index (χ3n) is 3.08. The Labute approximate surface area is 137 Å². The first-order valence-electron chi connectivity index (χ1n) is 6.91. The molecular formula is C17H14N2O5. The van der Waals surface area contributed by atoms with Gasteiger partial charge in [-0.2, -0.15) is 0 Å². The van der Waals surface area contributed by atoms with Gasteiger partial charge in [0.05, 0.1) is 17.6 Å². The van der Waals surface area contributed by atoms with Crippen molar-refractivity contribution >= 4 is 29.3 Å². The Hall–Kier alpha value is -3.48. The topological polar surface area (TPSA) is 98.5 Å². The quantitative estimate of drug-likeness (QED) is 0.394. The standard InChI is InChI=1S/C17H14N2O5/c1-24-17(21)13-6-8-14(9-7-13)18-16(20)10-5-12-3-2-4-15(11-12)19(22)23/h2-11H,1H3,(H,18,20)/b10-5+. The molecule has 0 aromatic heterocycles. The highest BCUT2D eigenvalue weighted by molar-refractivity contribution is 6.02. The third kappa shape index (κ3) is 4.51. The summed E-state index contributed by atoms with van der Waals surface area (Å²) in [5.74, 6) is -0.856. The number of non-ortho nitro benzene ring substituents is 1. The monoisotopic (exact) mass is 326 g/mol. The molecule has 0 aliphatic rings. The van der Waals surface area contributed by atoms with E-state index in [4.69, 9.17) is 0 Å². The van der Waals surface area contributed by atoms with Gasteiger partial charge in [-0.25, -0.2) is 4.79 Å². The summed E-state index contributed by atoms with van der Waals surface area (Å²) in [6.07, 6.45) is 2.75. The maximum atomic E-state index is 11.9. The molecule has 7 nitrogen and oxygen atoms in total. The van der Waals surface area contributed by atoms with Crippen molar-refractivity contribution in [2.45, 2.75) is 0 Å². The first-order valence-corrected chi connectivity index (χ1v) is 6.91. The molecule has 2 aromatic carbocycles. The van der Waals surface area contributed by atoms with E-state index in [-0.39, 0.29) is 5.69 Å². The van der Waals surface area contributed by atoms with Crippen LogP contribution in [-0.2, 0) is 9.53 Å². The first-order chi connectivity index (χ1) is 11.5. The average molecular weight is 326 g/mol. The number of hydrogen-bond donors (Lipinski definition) is 1. The smallest absolute Gasteiger partial charge is 0.337 e. The van der Waals surface area contributed by atoms with Gasteiger partial charge in [-0.1, -0.05) is 12.1 Å². The van der Waals surface area contributed by atoms with Crippen LogP contribution >= 0.6 is 0 Å². The number of rotatable bonds is 5. The van der Waals surface area contributed by atoms with E-state index in [0.29, 0.717) is 16.8 Å². The molecule has 0 atom stereocenters. The molecule has 24 heavy (non-hydrogen) atoms. The van der Waals surface area contributed by atoms with Crippen LogP contribution in [0.2, 0.25) is 0 Å². The summed E-state index contributed by atoms with van der Waals surface area (Å²) in [7, 11) is 1.29. The summed E-state index contributed by atoms with van der Waals surface area (Å²) in [5.41, 5.74) is 1.38. The average Bonchev–Trinajstić information content (AvgIpc) is 2.60. The minimum Gasteiger partial charge on any atom is -0.465 e. The largest absolute Gasteiger partial charge is 0.465 e. The second kappa shape index (κ2) is 7.68. The number of nitrogens with zero attached hydrogens (tertiary/aromatic N) is 1. The van der Waals surface area contributed by atoms with E-state index in [1.165, 1.54) is 43.5 Å². The summed E-state index contributed by atoms with van der Waals surface area (Å²) >= 11 is 0. The van der Waals surface area contributed by atoms with Crippen LogP contribution in [0, 0.1) is 10.1 Å². The number of carbonyl (C=O) groups is 2. The number of nitrogens with one attached hydrogen (secondary N) is 1. The second-order valence-electron chi connectivity index (χ2n) is 4.74. The van der Waals surface area contributed by atoms with Crippen molar-refractivity contribution in [2.75, 3.05) is 12.4 Å². The van der Waals surface area contributed by atoms with Gasteiger partial charge < -0.3 is 10.1 Å². The molecule has 0 bridgehead atoms. The molecule has 0 fully saturated rings. The van der Waals surface area contributed by atoms with Gasteiger partial charge in [-0.3, -0.25) is 14.9 Å². The maximum absolute atomic E-state index is 11.9. The van der Waals surface area contributed by atoms with Gasteiger partial charge in [0.1, 0.15) is 0 Å². The van der Waals surface area contributed by atoms with E-state index in [2.05, 4.69) is 10.1 Å². The maximum Gasteiger partial charge on any atom is 0.337 e. The van der Waals surface area contributed by atoms with Crippen molar-refractivity contribution in [3.63, 3.8) is 0 Å². The zero-order valence-corrected chi connectivity index (χ0v) is 12.8. The Bertz CT molecular complexity index is 797. The molecule has 0 unspecified atom stereocenters. The molecule has 1 amide bonds. The van der Waals surface area contributed by atoms with Gasteiger partial charge in [0.15, 0.2) is 0 Å². The molecule has 0 radical (unpaired) electrons. The van der Waals surface area contributed by atoms with Crippen molar-refractivity contribution in [1.29, 1.82) is 0 Å². The van der Waals surface area contributed by atoms with E-state index in [0.717, 1.165) is 0 Å².